The fourth-order valence-electron chi connectivity index (χ4n) is 3.10. The van der Waals surface area contributed by atoms with E-state index in [1.165, 1.54) is 83.5 Å². The number of rotatable bonds is 19. The number of nitrogens with zero attached hydrogens (tertiary/aromatic N) is 1. The number of hydrogen-bond acceptors (Lipinski definition) is 3. The van der Waals surface area contributed by atoms with Crippen LogP contribution in [0.15, 0.2) is 0 Å². The zero-order chi connectivity index (χ0) is 18.6. The molecule has 0 aliphatic rings. The molecular weight excluding hydrogens is 312 g/mol. The molecule has 4 heteroatoms. The number of unbranched alkanes of at least 4 members (excludes halogenated alkanes) is 14. The van der Waals surface area contributed by atoms with Gasteiger partial charge in [-0.15, -0.1) is 0 Å². The van der Waals surface area contributed by atoms with Crippen LogP contribution >= 0.6 is 0 Å². The second-order valence-corrected chi connectivity index (χ2v) is 7.43. The summed E-state index contributed by atoms with van der Waals surface area (Å²) >= 11 is 0. The maximum absolute atomic E-state index is 11.5. The van der Waals surface area contributed by atoms with Crippen molar-refractivity contribution in [2.45, 2.75) is 110 Å². The maximum atomic E-state index is 11.5. The van der Waals surface area contributed by atoms with Gasteiger partial charge >= 0.3 is 0 Å². The first-order valence-corrected chi connectivity index (χ1v) is 10.8. The topological polar surface area (TPSA) is 52.6 Å². The van der Waals surface area contributed by atoms with Crippen LogP contribution in [0.2, 0.25) is 0 Å². The highest BCUT2D eigenvalue weighted by Crippen LogP contribution is 2.13. The number of hydrogen-bond donors (Lipinski definition) is 2. The van der Waals surface area contributed by atoms with Crippen molar-refractivity contribution >= 4 is 5.91 Å². The molecule has 0 saturated heterocycles. The van der Waals surface area contributed by atoms with Gasteiger partial charge in [-0.1, -0.05) is 96.8 Å². The van der Waals surface area contributed by atoms with Crippen LogP contribution < -0.4 is 5.32 Å². The first-order valence-electron chi connectivity index (χ1n) is 10.8. The normalized spacial score (nSPS) is 11.2. The lowest BCUT2D eigenvalue weighted by atomic mass is 10.0. The molecule has 0 aromatic heterocycles. The van der Waals surface area contributed by atoms with Crippen LogP contribution in [0.3, 0.4) is 0 Å². The molecule has 0 rings (SSSR count). The van der Waals surface area contributed by atoms with Gasteiger partial charge in [0.25, 0.3) is 0 Å². The van der Waals surface area contributed by atoms with Gasteiger partial charge in [-0.05, 0) is 6.42 Å². The van der Waals surface area contributed by atoms with Gasteiger partial charge in [0.15, 0.2) is 0 Å². The van der Waals surface area contributed by atoms with E-state index < -0.39 is 0 Å². The van der Waals surface area contributed by atoms with E-state index in [2.05, 4.69) is 12.2 Å². The van der Waals surface area contributed by atoms with Gasteiger partial charge in [0.2, 0.25) is 5.91 Å². The van der Waals surface area contributed by atoms with E-state index in [0.29, 0.717) is 19.5 Å². The Kier molecular flexibility index (Phi) is 19.2. The molecule has 0 aromatic carbocycles. The van der Waals surface area contributed by atoms with Crippen molar-refractivity contribution in [1.29, 1.82) is 0 Å². The van der Waals surface area contributed by atoms with E-state index in [1.807, 2.05) is 0 Å². The smallest absolute Gasteiger partial charge is 0.220 e. The second kappa shape index (κ2) is 19.7. The molecule has 0 fully saturated rings. The van der Waals surface area contributed by atoms with Crippen LogP contribution in [-0.4, -0.2) is 36.3 Å². The monoisotopic (exact) mass is 356 g/mol. The van der Waals surface area contributed by atoms with Crippen molar-refractivity contribution in [2.75, 3.05) is 20.1 Å². The Bertz CT molecular complexity index is 283. The molecule has 0 atom stereocenters. The summed E-state index contributed by atoms with van der Waals surface area (Å²) in [5, 5.41) is 12.9. The van der Waals surface area contributed by atoms with E-state index >= 15 is 0 Å². The third-order valence-corrected chi connectivity index (χ3v) is 4.76. The molecule has 0 aromatic rings. The Morgan fingerprint density at radius 2 is 1.16 bits per heavy atom. The first kappa shape index (κ1) is 24.4. The molecule has 25 heavy (non-hydrogen) atoms. The minimum atomic E-state index is 0.108. The molecule has 0 saturated carbocycles. The average molecular weight is 357 g/mol. The molecule has 0 heterocycles. The highest BCUT2D eigenvalue weighted by molar-refractivity contribution is 5.75. The number of carbonyl (C=O) groups excluding carboxylic acids is 1. The lowest BCUT2D eigenvalue weighted by Gasteiger charge is -2.09. The lowest BCUT2D eigenvalue weighted by Crippen LogP contribution is -2.31. The molecule has 0 aliphatic carbocycles. The molecule has 0 unspecified atom stereocenters. The third-order valence-electron chi connectivity index (χ3n) is 4.76. The summed E-state index contributed by atoms with van der Waals surface area (Å²) < 4.78 is 0. The minimum absolute atomic E-state index is 0.108. The van der Waals surface area contributed by atoms with Crippen LogP contribution in [-0.2, 0) is 4.79 Å². The Morgan fingerprint density at radius 3 is 1.56 bits per heavy atom. The Balaban J connectivity index is 3.10. The van der Waals surface area contributed by atoms with Gasteiger partial charge in [0.05, 0.1) is 0 Å². The van der Waals surface area contributed by atoms with Crippen LogP contribution in [0.5, 0.6) is 0 Å². The fourth-order valence-corrected chi connectivity index (χ4v) is 3.10. The largest absolute Gasteiger partial charge is 0.355 e. The van der Waals surface area contributed by atoms with Crippen LogP contribution in [0.4, 0.5) is 0 Å². The molecule has 150 valence electrons. The van der Waals surface area contributed by atoms with Crippen molar-refractivity contribution < 1.29 is 10.0 Å². The quantitative estimate of drug-likeness (QED) is 0.231. The summed E-state index contributed by atoms with van der Waals surface area (Å²) in [6.07, 6.45) is 20.8. The standard InChI is InChI=1S/C21H44N2O2/c1-3-4-5-6-7-8-9-10-11-12-13-14-15-16-17-18-21(24)22-19-20-23(2)25/h25H,3-20H2,1-2H3,(H,22,24). The highest BCUT2D eigenvalue weighted by Gasteiger charge is 2.01. The van der Waals surface area contributed by atoms with Gasteiger partial charge in [-0.25, -0.2) is 0 Å². The van der Waals surface area contributed by atoms with Crippen molar-refractivity contribution in [1.82, 2.24) is 10.4 Å². The number of hydroxylamine groups is 2. The number of nitrogens with one attached hydrogen (secondary N) is 1. The molecule has 0 radical (unpaired) electrons. The van der Waals surface area contributed by atoms with Gasteiger partial charge in [0.1, 0.15) is 0 Å². The lowest BCUT2D eigenvalue weighted by molar-refractivity contribution is -0.121. The van der Waals surface area contributed by atoms with E-state index in [0.717, 1.165) is 17.9 Å². The molecular formula is C21H44N2O2. The maximum Gasteiger partial charge on any atom is 0.220 e. The van der Waals surface area contributed by atoms with Crippen molar-refractivity contribution in [3.8, 4) is 0 Å². The summed E-state index contributed by atoms with van der Waals surface area (Å²) in [7, 11) is 1.58. The SMILES string of the molecule is CCCCCCCCCCCCCCCCCC(=O)NCCN(C)O. The van der Waals surface area contributed by atoms with E-state index in [-0.39, 0.29) is 5.91 Å². The zero-order valence-electron chi connectivity index (χ0n) is 17.0. The van der Waals surface area contributed by atoms with Crippen molar-refractivity contribution in [3.05, 3.63) is 0 Å². The fraction of sp³-hybridized carbons (Fsp3) is 0.952. The Labute approximate surface area is 156 Å². The summed E-state index contributed by atoms with van der Waals surface area (Å²) in [6, 6.07) is 0. The number of likely N-dealkylation sites (N-methyl/N-ethyl adjacent to an activating group) is 1. The molecule has 4 nitrogen and oxygen atoms in total. The van der Waals surface area contributed by atoms with E-state index in [9.17, 15) is 4.79 Å². The minimum Gasteiger partial charge on any atom is -0.355 e. The van der Waals surface area contributed by atoms with Gasteiger partial charge in [-0.2, -0.15) is 5.06 Å². The predicted molar refractivity (Wildman–Crippen MR) is 107 cm³/mol. The third kappa shape index (κ3) is 21.3. The van der Waals surface area contributed by atoms with Crippen molar-refractivity contribution in [3.63, 3.8) is 0 Å². The van der Waals surface area contributed by atoms with Crippen molar-refractivity contribution in [2.24, 2.45) is 0 Å². The van der Waals surface area contributed by atoms with Gasteiger partial charge in [-0.3, -0.25) is 4.79 Å². The molecule has 0 spiro atoms. The molecule has 2 N–H and O–H groups in total. The zero-order valence-corrected chi connectivity index (χ0v) is 17.0. The number of carbonyl (C=O) groups is 1. The van der Waals surface area contributed by atoms with E-state index in [4.69, 9.17) is 5.21 Å². The summed E-state index contributed by atoms with van der Waals surface area (Å²) in [5.41, 5.74) is 0. The average Bonchev–Trinajstić information content (AvgIpc) is 2.58. The predicted octanol–water partition coefficient (Wildman–Crippen LogP) is 5.69. The highest BCUT2D eigenvalue weighted by atomic mass is 16.5. The number of amides is 1. The Morgan fingerprint density at radius 1 is 0.760 bits per heavy atom. The Hall–Kier alpha value is -0.610. The van der Waals surface area contributed by atoms with Crippen LogP contribution in [0.25, 0.3) is 0 Å². The summed E-state index contributed by atoms with van der Waals surface area (Å²) in [6.45, 7) is 3.27. The van der Waals surface area contributed by atoms with Crippen LogP contribution in [0, 0.1) is 0 Å². The summed E-state index contributed by atoms with van der Waals surface area (Å²) in [5.74, 6) is 0.108. The van der Waals surface area contributed by atoms with Gasteiger partial charge in [0, 0.05) is 26.6 Å². The van der Waals surface area contributed by atoms with Gasteiger partial charge < -0.3 is 10.5 Å². The van der Waals surface area contributed by atoms with Crippen LogP contribution in [0.1, 0.15) is 110 Å². The molecule has 1 amide bonds. The first-order chi connectivity index (χ1) is 12.2. The summed E-state index contributed by atoms with van der Waals surface area (Å²) in [4.78, 5) is 11.5. The molecule has 0 bridgehead atoms. The second-order valence-electron chi connectivity index (χ2n) is 7.43. The van der Waals surface area contributed by atoms with E-state index in [1.54, 1.807) is 7.05 Å². The molecule has 0 aliphatic heterocycles.